The van der Waals surface area contributed by atoms with E-state index < -0.39 is 0 Å². The highest BCUT2D eigenvalue weighted by Crippen LogP contribution is 2.29. The normalized spacial score (nSPS) is 20.4. The standard InChI is InChI=1S/C19H29N3O2/c1-11(2)13-8-9-17(15(10-13)12(3)4)22-19(24)21-16-7-5-6-14(16)18(20)23/h8-12,14,16H,5-7H2,1-4H3,(H2,20,23)(H2,21,22,24). The van der Waals surface area contributed by atoms with Crippen LogP contribution in [0.5, 0.6) is 0 Å². The molecule has 0 radical (unpaired) electrons. The number of hydrogen-bond acceptors (Lipinski definition) is 2. The Morgan fingerprint density at radius 1 is 1.12 bits per heavy atom. The van der Waals surface area contributed by atoms with Gasteiger partial charge >= 0.3 is 6.03 Å². The highest BCUT2D eigenvalue weighted by Gasteiger charge is 2.32. The third-order valence-corrected chi connectivity index (χ3v) is 4.81. The summed E-state index contributed by atoms with van der Waals surface area (Å²) in [5, 5.41) is 5.85. The second-order valence-electron chi connectivity index (χ2n) is 7.30. The van der Waals surface area contributed by atoms with Gasteiger partial charge in [0.2, 0.25) is 5.91 Å². The lowest BCUT2D eigenvalue weighted by Crippen LogP contribution is -2.44. The van der Waals surface area contributed by atoms with Gasteiger partial charge in [0.25, 0.3) is 0 Å². The van der Waals surface area contributed by atoms with Gasteiger partial charge in [-0.25, -0.2) is 4.79 Å². The second kappa shape index (κ2) is 7.69. The SMILES string of the molecule is CC(C)c1ccc(NC(=O)NC2CCCC2C(N)=O)c(C(C)C)c1. The molecular weight excluding hydrogens is 302 g/mol. The molecule has 0 saturated heterocycles. The van der Waals surface area contributed by atoms with E-state index in [2.05, 4.69) is 44.4 Å². The molecule has 1 aromatic carbocycles. The number of carbonyl (C=O) groups is 2. The number of urea groups is 1. The van der Waals surface area contributed by atoms with Crippen molar-refractivity contribution in [2.45, 2.75) is 64.8 Å². The Morgan fingerprint density at radius 3 is 2.42 bits per heavy atom. The molecule has 2 unspecified atom stereocenters. The van der Waals surface area contributed by atoms with E-state index in [9.17, 15) is 9.59 Å². The number of primary amides is 1. The summed E-state index contributed by atoms with van der Waals surface area (Å²) in [4.78, 5) is 23.8. The van der Waals surface area contributed by atoms with Crippen molar-refractivity contribution < 1.29 is 9.59 Å². The number of amides is 3. The predicted octanol–water partition coefficient (Wildman–Crippen LogP) is 3.71. The molecule has 24 heavy (non-hydrogen) atoms. The maximum atomic E-state index is 12.4. The Kier molecular flexibility index (Phi) is 5.86. The van der Waals surface area contributed by atoms with Crippen molar-refractivity contribution in [2.75, 3.05) is 5.32 Å². The van der Waals surface area contributed by atoms with Crippen LogP contribution in [0.1, 0.15) is 69.9 Å². The van der Waals surface area contributed by atoms with E-state index in [1.807, 2.05) is 12.1 Å². The number of anilines is 1. The van der Waals surface area contributed by atoms with Crippen molar-refractivity contribution in [2.24, 2.45) is 11.7 Å². The van der Waals surface area contributed by atoms with E-state index in [0.717, 1.165) is 30.5 Å². The lowest BCUT2D eigenvalue weighted by molar-refractivity contribution is -0.122. The van der Waals surface area contributed by atoms with E-state index >= 15 is 0 Å². The zero-order chi connectivity index (χ0) is 17.9. The van der Waals surface area contributed by atoms with Crippen LogP contribution >= 0.6 is 0 Å². The minimum atomic E-state index is -0.332. The van der Waals surface area contributed by atoms with E-state index in [1.54, 1.807) is 0 Å². The van der Waals surface area contributed by atoms with Crippen LogP contribution in [0.2, 0.25) is 0 Å². The molecule has 2 atom stereocenters. The molecule has 0 heterocycles. The number of hydrogen-bond donors (Lipinski definition) is 3. The molecular formula is C19H29N3O2. The average Bonchev–Trinajstić information content (AvgIpc) is 2.95. The highest BCUT2D eigenvalue weighted by atomic mass is 16.2. The monoisotopic (exact) mass is 331 g/mol. The molecule has 5 heteroatoms. The van der Waals surface area contributed by atoms with Crippen LogP contribution in [0, 0.1) is 5.92 Å². The highest BCUT2D eigenvalue weighted by molar-refractivity contribution is 5.91. The molecule has 1 saturated carbocycles. The Balaban J connectivity index is 2.09. The Labute approximate surface area is 144 Å². The van der Waals surface area contributed by atoms with Gasteiger partial charge in [-0.1, -0.05) is 46.2 Å². The molecule has 0 aliphatic heterocycles. The fourth-order valence-corrected chi connectivity index (χ4v) is 3.33. The number of rotatable bonds is 5. The molecule has 1 aromatic rings. The minimum absolute atomic E-state index is 0.167. The Bertz CT molecular complexity index is 611. The van der Waals surface area contributed by atoms with Crippen LogP contribution in [0.25, 0.3) is 0 Å². The fourth-order valence-electron chi connectivity index (χ4n) is 3.33. The Morgan fingerprint density at radius 2 is 1.83 bits per heavy atom. The summed E-state index contributed by atoms with van der Waals surface area (Å²) in [6.07, 6.45) is 2.46. The number of benzene rings is 1. The number of carbonyl (C=O) groups excluding carboxylic acids is 2. The average molecular weight is 331 g/mol. The van der Waals surface area contributed by atoms with Gasteiger partial charge in [-0.05, 0) is 41.9 Å². The first-order valence-electron chi connectivity index (χ1n) is 8.80. The van der Waals surface area contributed by atoms with E-state index in [-0.39, 0.29) is 23.9 Å². The third-order valence-electron chi connectivity index (χ3n) is 4.81. The molecule has 2 rings (SSSR count). The first kappa shape index (κ1) is 18.3. The van der Waals surface area contributed by atoms with Crippen LogP contribution in [0.3, 0.4) is 0 Å². The van der Waals surface area contributed by atoms with E-state index in [0.29, 0.717) is 11.8 Å². The van der Waals surface area contributed by atoms with Crippen molar-refractivity contribution in [3.05, 3.63) is 29.3 Å². The molecule has 1 aliphatic rings. The van der Waals surface area contributed by atoms with Crippen molar-refractivity contribution in [1.29, 1.82) is 0 Å². The quantitative estimate of drug-likeness (QED) is 0.768. The fraction of sp³-hybridized carbons (Fsp3) is 0.579. The molecule has 0 aromatic heterocycles. The summed E-state index contributed by atoms with van der Waals surface area (Å²) >= 11 is 0. The van der Waals surface area contributed by atoms with Gasteiger partial charge in [0, 0.05) is 11.7 Å². The van der Waals surface area contributed by atoms with Gasteiger partial charge in [0.1, 0.15) is 0 Å². The van der Waals surface area contributed by atoms with E-state index in [1.165, 1.54) is 5.56 Å². The molecule has 0 bridgehead atoms. The maximum Gasteiger partial charge on any atom is 0.319 e. The summed E-state index contributed by atoms with van der Waals surface area (Å²) < 4.78 is 0. The lowest BCUT2D eigenvalue weighted by Gasteiger charge is -2.21. The second-order valence-corrected chi connectivity index (χ2v) is 7.30. The zero-order valence-electron chi connectivity index (χ0n) is 15.1. The van der Waals surface area contributed by atoms with Crippen LogP contribution in [0.4, 0.5) is 10.5 Å². The molecule has 5 nitrogen and oxygen atoms in total. The smallest absolute Gasteiger partial charge is 0.319 e. The molecule has 0 spiro atoms. The van der Waals surface area contributed by atoms with E-state index in [4.69, 9.17) is 5.73 Å². The van der Waals surface area contributed by atoms with Crippen molar-refractivity contribution in [3.63, 3.8) is 0 Å². The summed E-state index contributed by atoms with van der Waals surface area (Å²) in [6, 6.07) is 5.73. The molecule has 3 amide bonds. The van der Waals surface area contributed by atoms with Crippen LogP contribution in [-0.4, -0.2) is 18.0 Å². The summed E-state index contributed by atoms with van der Waals surface area (Å²) in [6.45, 7) is 8.54. The van der Waals surface area contributed by atoms with Gasteiger partial charge in [-0.2, -0.15) is 0 Å². The molecule has 1 aliphatic carbocycles. The summed E-state index contributed by atoms with van der Waals surface area (Å²) in [7, 11) is 0. The topological polar surface area (TPSA) is 84.2 Å². The third kappa shape index (κ3) is 4.28. The van der Waals surface area contributed by atoms with Crippen LogP contribution in [-0.2, 0) is 4.79 Å². The first-order valence-corrected chi connectivity index (χ1v) is 8.80. The van der Waals surface area contributed by atoms with Crippen molar-refractivity contribution >= 4 is 17.6 Å². The van der Waals surface area contributed by atoms with Crippen molar-refractivity contribution in [1.82, 2.24) is 5.32 Å². The van der Waals surface area contributed by atoms with Crippen LogP contribution in [0.15, 0.2) is 18.2 Å². The maximum absolute atomic E-state index is 12.4. The predicted molar refractivity (Wildman–Crippen MR) is 97.1 cm³/mol. The van der Waals surface area contributed by atoms with Crippen LogP contribution < -0.4 is 16.4 Å². The van der Waals surface area contributed by atoms with Gasteiger partial charge in [0.05, 0.1) is 5.92 Å². The zero-order valence-corrected chi connectivity index (χ0v) is 15.1. The van der Waals surface area contributed by atoms with Crippen molar-refractivity contribution in [3.8, 4) is 0 Å². The van der Waals surface area contributed by atoms with Gasteiger partial charge in [0.15, 0.2) is 0 Å². The molecule has 1 fully saturated rings. The van der Waals surface area contributed by atoms with Gasteiger partial charge in [-0.3, -0.25) is 4.79 Å². The lowest BCUT2D eigenvalue weighted by atomic mass is 9.94. The first-order chi connectivity index (χ1) is 11.3. The molecule has 4 N–H and O–H groups in total. The summed E-state index contributed by atoms with van der Waals surface area (Å²) in [5.41, 5.74) is 8.61. The largest absolute Gasteiger partial charge is 0.369 e. The Hall–Kier alpha value is -2.04. The van der Waals surface area contributed by atoms with Gasteiger partial charge < -0.3 is 16.4 Å². The summed E-state index contributed by atoms with van der Waals surface area (Å²) in [5.74, 6) is 0.162. The molecule has 132 valence electrons. The number of nitrogens with two attached hydrogens (primary N) is 1. The number of nitrogens with one attached hydrogen (secondary N) is 2. The van der Waals surface area contributed by atoms with Gasteiger partial charge in [-0.15, -0.1) is 0 Å². The minimum Gasteiger partial charge on any atom is -0.369 e.